The van der Waals surface area contributed by atoms with Crippen LogP contribution in [0, 0.1) is 5.92 Å². The Labute approximate surface area is 108 Å². The highest BCUT2D eigenvalue weighted by molar-refractivity contribution is 5.76. The average Bonchev–Trinajstić information content (AvgIpc) is 2.96. The van der Waals surface area contributed by atoms with E-state index in [2.05, 4.69) is 28.7 Å². The Balaban J connectivity index is 1.79. The van der Waals surface area contributed by atoms with Gasteiger partial charge in [0.05, 0.1) is 6.54 Å². The van der Waals surface area contributed by atoms with Crippen LogP contribution in [0.25, 0.3) is 0 Å². The van der Waals surface area contributed by atoms with E-state index in [1.54, 1.807) is 6.20 Å². The molecular weight excluding hydrogens is 230 g/mol. The van der Waals surface area contributed by atoms with E-state index in [0.717, 1.165) is 18.9 Å². The van der Waals surface area contributed by atoms with Crippen molar-refractivity contribution in [1.29, 1.82) is 0 Å². The number of imidazole rings is 1. The standard InChI is InChI=1S/C13H21N3O2/c1-10(2)16-5-4-14-12(16)8-15-13(17)7-11-3-6-18-9-11/h4-5,10-11H,3,6-9H2,1-2H3,(H,15,17)/t11-/m0/s1. The zero-order chi connectivity index (χ0) is 13.0. The third-order valence-electron chi connectivity index (χ3n) is 3.25. The van der Waals surface area contributed by atoms with E-state index in [9.17, 15) is 4.79 Å². The van der Waals surface area contributed by atoms with Gasteiger partial charge in [-0.05, 0) is 26.2 Å². The number of hydrogen-bond donors (Lipinski definition) is 1. The van der Waals surface area contributed by atoms with Gasteiger partial charge in [0.25, 0.3) is 0 Å². The number of carbonyl (C=O) groups is 1. The van der Waals surface area contributed by atoms with Gasteiger partial charge in [-0.15, -0.1) is 0 Å². The molecule has 2 rings (SSSR count). The average molecular weight is 251 g/mol. The van der Waals surface area contributed by atoms with E-state index in [4.69, 9.17) is 4.74 Å². The fraction of sp³-hybridized carbons (Fsp3) is 0.692. The Kier molecular flexibility index (Phi) is 4.36. The van der Waals surface area contributed by atoms with Gasteiger partial charge in [-0.2, -0.15) is 0 Å². The van der Waals surface area contributed by atoms with Crippen molar-refractivity contribution < 1.29 is 9.53 Å². The monoisotopic (exact) mass is 251 g/mol. The van der Waals surface area contributed by atoms with Crippen molar-refractivity contribution in [2.45, 2.75) is 39.3 Å². The van der Waals surface area contributed by atoms with Crippen molar-refractivity contribution in [2.75, 3.05) is 13.2 Å². The lowest BCUT2D eigenvalue weighted by molar-refractivity contribution is -0.122. The predicted molar refractivity (Wildman–Crippen MR) is 68.0 cm³/mol. The van der Waals surface area contributed by atoms with Crippen LogP contribution in [-0.4, -0.2) is 28.7 Å². The molecule has 1 amide bonds. The molecule has 1 aromatic rings. The molecule has 0 aliphatic carbocycles. The van der Waals surface area contributed by atoms with E-state index in [1.165, 1.54) is 0 Å². The molecule has 1 aliphatic heterocycles. The Morgan fingerprint density at radius 3 is 3.17 bits per heavy atom. The van der Waals surface area contributed by atoms with E-state index < -0.39 is 0 Å². The van der Waals surface area contributed by atoms with Gasteiger partial charge in [-0.3, -0.25) is 4.79 Å². The van der Waals surface area contributed by atoms with Crippen LogP contribution >= 0.6 is 0 Å². The van der Waals surface area contributed by atoms with Gasteiger partial charge in [0, 0.05) is 38.1 Å². The minimum Gasteiger partial charge on any atom is -0.381 e. The molecule has 0 saturated carbocycles. The largest absolute Gasteiger partial charge is 0.381 e. The van der Waals surface area contributed by atoms with Crippen LogP contribution in [0.2, 0.25) is 0 Å². The molecule has 18 heavy (non-hydrogen) atoms. The van der Waals surface area contributed by atoms with E-state index in [-0.39, 0.29) is 5.91 Å². The van der Waals surface area contributed by atoms with Crippen molar-refractivity contribution in [3.8, 4) is 0 Å². The minimum absolute atomic E-state index is 0.0869. The highest BCUT2D eigenvalue weighted by Crippen LogP contribution is 2.16. The molecule has 2 heterocycles. The number of hydrogen-bond acceptors (Lipinski definition) is 3. The molecule has 1 saturated heterocycles. The molecule has 1 aliphatic rings. The zero-order valence-corrected chi connectivity index (χ0v) is 11.1. The van der Waals surface area contributed by atoms with Crippen LogP contribution in [0.1, 0.15) is 38.6 Å². The van der Waals surface area contributed by atoms with Gasteiger partial charge in [-0.25, -0.2) is 4.98 Å². The molecule has 0 radical (unpaired) electrons. The highest BCUT2D eigenvalue weighted by atomic mass is 16.5. The number of rotatable bonds is 5. The molecular formula is C13H21N3O2. The van der Waals surface area contributed by atoms with Gasteiger partial charge in [0.1, 0.15) is 5.82 Å². The van der Waals surface area contributed by atoms with Crippen molar-refractivity contribution >= 4 is 5.91 Å². The van der Waals surface area contributed by atoms with E-state index in [0.29, 0.717) is 31.5 Å². The summed E-state index contributed by atoms with van der Waals surface area (Å²) in [5, 5.41) is 2.93. The van der Waals surface area contributed by atoms with Crippen molar-refractivity contribution in [2.24, 2.45) is 5.92 Å². The summed E-state index contributed by atoms with van der Waals surface area (Å²) < 4.78 is 7.33. The van der Waals surface area contributed by atoms with Gasteiger partial charge in [-0.1, -0.05) is 0 Å². The summed E-state index contributed by atoms with van der Waals surface area (Å²) in [6.07, 6.45) is 5.26. The second-order valence-electron chi connectivity index (χ2n) is 5.05. The maximum absolute atomic E-state index is 11.8. The first-order valence-corrected chi connectivity index (χ1v) is 6.53. The second kappa shape index (κ2) is 6.00. The smallest absolute Gasteiger partial charge is 0.220 e. The summed E-state index contributed by atoms with van der Waals surface area (Å²) in [5.74, 6) is 1.37. The second-order valence-corrected chi connectivity index (χ2v) is 5.05. The first kappa shape index (κ1) is 13.1. The Morgan fingerprint density at radius 2 is 2.50 bits per heavy atom. The summed E-state index contributed by atoms with van der Waals surface area (Å²) >= 11 is 0. The number of aromatic nitrogens is 2. The van der Waals surface area contributed by atoms with Crippen LogP contribution in [0.5, 0.6) is 0 Å². The number of amides is 1. The molecule has 0 spiro atoms. The molecule has 1 N–H and O–H groups in total. The predicted octanol–water partition coefficient (Wildman–Crippen LogP) is 1.51. The lowest BCUT2D eigenvalue weighted by atomic mass is 10.1. The molecule has 1 atom stereocenters. The number of nitrogens with zero attached hydrogens (tertiary/aromatic N) is 2. The Hall–Kier alpha value is -1.36. The first-order chi connectivity index (χ1) is 8.66. The molecule has 1 fully saturated rings. The van der Waals surface area contributed by atoms with Crippen LogP contribution in [-0.2, 0) is 16.1 Å². The van der Waals surface area contributed by atoms with Crippen LogP contribution in [0.4, 0.5) is 0 Å². The zero-order valence-electron chi connectivity index (χ0n) is 11.1. The summed E-state index contributed by atoms with van der Waals surface area (Å²) in [4.78, 5) is 16.0. The van der Waals surface area contributed by atoms with Crippen LogP contribution in [0.15, 0.2) is 12.4 Å². The van der Waals surface area contributed by atoms with Gasteiger partial charge >= 0.3 is 0 Å². The normalized spacial score (nSPS) is 19.4. The lowest BCUT2D eigenvalue weighted by Gasteiger charge is -2.12. The third kappa shape index (κ3) is 3.32. The molecule has 1 aromatic heterocycles. The van der Waals surface area contributed by atoms with Gasteiger partial charge in [0.2, 0.25) is 5.91 Å². The molecule has 5 nitrogen and oxygen atoms in total. The maximum atomic E-state index is 11.8. The fourth-order valence-electron chi connectivity index (χ4n) is 2.21. The van der Waals surface area contributed by atoms with Crippen LogP contribution < -0.4 is 5.32 Å². The van der Waals surface area contributed by atoms with Crippen molar-refractivity contribution in [3.63, 3.8) is 0 Å². The topological polar surface area (TPSA) is 56.2 Å². The lowest BCUT2D eigenvalue weighted by Crippen LogP contribution is -2.27. The van der Waals surface area contributed by atoms with Crippen molar-refractivity contribution in [3.05, 3.63) is 18.2 Å². The molecule has 0 bridgehead atoms. The van der Waals surface area contributed by atoms with E-state index in [1.807, 2.05) is 6.20 Å². The fourth-order valence-corrected chi connectivity index (χ4v) is 2.21. The van der Waals surface area contributed by atoms with Crippen LogP contribution in [0.3, 0.4) is 0 Å². The summed E-state index contributed by atoms with van der Waals surface area (Å²) in [5.41, 5.74) is 0. The Bertz CT molecular complexity index is 395. The van der Waals surface area contributed by atoms with Crippen molar-refractivity contribution in [1.82, 2.24) is 14.9 Å². The Morgan fingerprint density at radius 1 is 1.67 bits per heavy atom. The highest BCUT2D eigenvalue weighted by Gasteiger charge is 2.19. The number of carbonyl (C=O) groups excluding carboxylic acids is 1. The molecule has 100 valence electrons. The summed E-state index contributed by atoms with van der Waals surface area (Å²) in [7, 11) is 0. The summed E-state index contributed by atoms with van der Waals surface area (Å²) in [6.45, 7) is 6.20. The summed E-state index contributed by atoms with van der Waals surface area (Å²) in [6, 6.07) is 0.364. The number of ether oxygens (including phenoxy) is 1. The molecule has 0 unspecified atom stereocenters. The van der Waals surface area contributed by atoms with Gasteiger partial charge < -0.3 is 14.6 Å². The quantitative estimate of drug-likeness (QED) is 0.863. The molecule has 5 heteroatoms. The minimum atomic E-state index is 0.0869. The first-order valence-electron chi connectivity index (χ1n) is 6.53. The molecule has 0 aromatic carbocycles. The number of nitrogens with one attached hydrogen (secondary N) is 1. The third-order valence-corrected chi connectivity index (χ3v) is 3.25. The SMILES string of the molecule is CC(C)n1ccnc1CNC(=O)C[C@@H]1CCOC1. The maximum Gasteiger partial charge on any atom is 0.220 e. The van der Waals surface area contributed by atoms with Gasteiger partial charge in [0.15, 0.2) is 0 Å². The van der Waals surface area contributed by atoms with E-state index >= 15 is 0 Å².